The maximum Gasteiger partial charge on any atom is 0.413 e. The molecule has 2 heterocycles. The van der Waals surface area contributed by atoms with E-state index in [2.05, 4.69) is 0 Å². The van der Waals surface area contributed by atoms with Crippen molar-refractivity contribution in [2.45, 2.75) is 31.2 Å². The molecule has 1 amide bonds. The first kappa shape index (κ1) is 16.7. The van der Waals surface area contributed by atoms with Crippen molar-refractivity contribution in [3.63, 3.8) is 0 Å². The Hall–Kier alpha value is -2.12. The molecule has 0 unspecified atom stereocenters. The minimum absolute atomic E-state index is 0.104. The summed E-state index contributed by atoms with van der Waals surface area (Å²) in [5.74, 6) is -0.505. The molecule has 130 valence electrons. The lowest BCUT2D eigenvalue weighted by molar-refractivity contribution is -0.152. The maximum atomic E-state index is 12.7. The molecule has 3 rings (SSSR count). The molecule has 0 aliphatic carbocycles. The van der Waals surface area contributed by atoms with Crippen LogP contribution in [-0.2, 0) is 30.3 Å². The lowest BCUT2D eigenvalue weighted by Gasteiger charge is -2.40. The van der Waals surface area contributed by atoms with Gasteiger partial charge in [-0.05, 0) is 5.56 Å². The highest BCUT2D eigenvalue weighted by Crippen LogP contribution is 2.37. The van der Waals surface area contributed by atoms with Crippen LogP contribution >= 0.6 is 0 Å². The van der Waals surface area contributed by atoms with Crippen LogP contribution in [0, 0.1) is 0 Å². The molecule has 7 nitrogen and oxygen atoms in total. The van der Waals surface area contributed by atoms with Crippen molar-refractivity contribution in [1.29, 1.82) is 0 Å². The Morgan fingerprint density at radius 3 is 2.62 bits per heavy atom. The van der Waals surface area contributed by atoms with Crippen LogP contribution in [-0.4, -0.2) is 55.7 Å². The van der Waals surface area contributed by atoms with Crippen molar-refractivity contribution in [3.8, 4) is 0 Å². The second-order valence-electron chi connectivity index (χ2n) is 5.82. The highest BCUT2D eigenvalue weighted by Gasteiger charge is 2.54. The van der Waals surface area contributed by atoms with E-state index in [1.165, 1.54) is 12.0 Å². The summed E-state index contributed by atoms with van der Waals surface area (Å²) in [4.78, 5) is 26.1. The van der Waals surface area contributed by atoms with Gasteiger partial charge in [-0.1, -0.05) is 30.3 Å². The van der Waals surface area contributed by atoms with Gasteiger partial charge in [0, 0.05) is 12.8 Å². The van der Waals surface area contributed by atoms with Crippen molar-refractivity contribution in [2.75, 3.05) is 26.9 Å². The predicted octanol–water partition coefficient (Wildman–Crippen LogP) is 1.70. The first-order chi connectivity index (χ1) is 11.7. The summed E-state index contributed by atoms with van der Waals surface area (Å²) in [6.07, 6.45) is 0.427. The molecule has 2 fully saturated rings. The van der Waals surface area contributed by atoms with Gasteiger partial charge in [-0.2, -0.15) is 0 Å². The third-order valence-corrected chi connectivity index (χ3v) is 4.41. The first-order valence-corrected chi connectivity index (χ1v) is 7.96. The van der Waals surface area contributed by atoms with Crippen LogP contribution in [0.15, 0.2) is 30.3 Å². The van der Waals surface area contributed by atoms with E-state index in [9.17, 15) is 9.59 Å². The smallest absolute Gasteiger partial charge is 0.413 e. The molecular weight excluding hydrogens is 314 g/mol. The van der Waals surface area contributed by atoms with Gasteiger partial charge in [0.15, 0.2) is 11.8 Å². The zero-order valence-corrected chi connectivity index (χ0v) is 13.6. The molecule has 0 saturated carbocycles. The summed E-state index contributed by atoms with van der Waals surface area (Å²) in [6, 6.07) is 8.59. The van der Waals surface area contributed by atoms with E-state index in [-0.39, 0.29) is 13.2 Å². The van der Waals surface area contributed by atoms with Crippen LogP contribution in [0.25, 0.3) is 0 Å². The van der Waals surface area contributed by atoms with Crippen molar-refractivity contribution in [2.24, 2.45) is 0 Å². The summed E-state index contributed by atoms with van der Waals surface area (Å²) in [5.41, 5.74) is 0.0202. The molecule has 1 aromatic rings. The molecule has 7 heteroatoms. The fourth-order valence-electron chi connectivity index (χ4n) is 3.13. The number of hydrogen-bond acceptors (Lipinski definition) is 6. The average molecular weight is 335 g/mol. The van der Waals surface area contributed by atoms with E-state index in [1.54, 1.807) is 0 Å². The van der Waals surface area contributed by atoms with Gasteiger partial charge in [-0.15, -0.1) is 0 Å². The Labute approximate surface area is 140 Å². The van der Waals surface area contributed by atoms with Crippen molar-refractivity contribution >= 4 is 12.1 Å². The monoisotopic (exact) mass is 335 g/mol. The van der Waals surface area contributed by atoms with E-state index >= 15 is 0 Å². The molecule has 0 aromatic heterocycles. The highest BCUT2D eigenvalue weighted by atomic mass is 16.6. The third-order valence-electron chi connectivity index (χ3n) is 4.41. The second-order valence-corrected chi connectivity index (χ2v) is 5.82. The molecule has 0 N–H and O–H groups in total. The molecule has 0 bridgehead atoms. The molecule has 1 atom stereocenters. The van der Waals surface area contributed by atoms with Crippen molar-refractivity contribution < 1.29 is 28.5 Å². The number of ether oxygens (including phenoxy) is 4. The summed E-state index contributed by atoms with van der Waals surface area (Å²) >= 11 is 0. The second kappa shape index (κ2) is 7.19. The summed E-state index contributed by atoms with van der Waals surface area (Å²) in [7, 11) is 1.30. The number of amides is 1. The highest BCUT2D eigenvalue weighted by molar-refractivity contribution is 5.82. The molecule has 1 aromatic carbocycles. The third kappa shape index (κ3) is 3.22. The molecule has 2 aliphatic rings. The van der Waals surface area contributed by atoms with Gasteiger partial charge in [-0.3, -0.25) is 4.90 Å². The number of esters is 1. The molecular formula is C17H21NO6. The van der Waals surface area contributed by atoms with Crippen molar-refractivity contribution in [1.82, 2.24) is 4.90 Å². The number of nitrogens with zero attached hydrogens (tertiary/aromatic N) is 1. The lowest BCUT2D eigenvalue weighted by Crippen LogP contribution is -2.56. The topological polar surface area (TPSA) is 74.3 Å². The van der Waals surface area contributed by atoms with Crippen LogP contribution < -0.4 is 0 Å². The van der Waals surface area contributed by atoms with Gasteiger partial charge in [0.1, 0.15) is 6.61 Å². The molecule has 0 radical (unpaired) electrons. The predicted molar refractivity (Wildman–Crippen MR) is 83.0 cm³/mol. The van der Waals surface area contributed by atoms with Gasteiger partial charge < -0.3 is 18.9 Å². The van der Waals surface area contributed by atoms with Gasteiger partial charge in [-0.25, -0.2) is 9.59 Å². The van der Waals surface area contributed by atoms with E-state index in [0.717, 1.165) is 5.56 Å². The number of carbonyl (C=O) groups excluding carboxylic acids is 2. The molecule has 1 spiro atoms. The van der Waals surface area contributed by atoms with Crippen LogP contribution in [0.4, 0.5) is 4.79 Å². The SMILES string of the molecule is COC(=O)[C@@H]1COC2(CCOCC2)N1C(=O)OCc1ccccc1. The first-order valence-electron chi connectivity index (χ1n) is 7.96. The number of methoxy groups -OCH3 is 1. The minimum atomic E-state index is -0.856. The lowest BCUT2D eigenvalue weighted by atomic mass is 10.0. The minimum Gasteiger partial charge on any atom is -0.467 e. The normalized spacial score (nSPS) is 22.4. The van der Waals surface area contributed by atoms with Gasteiger partial charge in [0.05, 0.1) is 26.9 Å². The van der Waals surface area contributed by atoms with E-state index in [1.807, 2.05) is 30.3 Å². The fraction of sp³-hybridized carbons (Fsp3) is 0.529. The van der Waals surface area contributed by atoms with Crippen LogP contribution in [0.3, 0.4) is 0 Å². The van der Waals surface area contributed by atoms with Crippen LogP contribution in [0.2, 0.25) is 0 Å². The zero-order chi connectivity index (χ0) is 17.0. The Morgan fingerprint density at radius 2 is 1.96 bits per heavy atom. The largest absolute Gasteiger partial charge is 0.467 e. The number of benzene rings is 1. The molecule has 2 saturated heterocycles. The zero-order valence-electron chi connectivity index (χ0n) is 13.6. The van der Waals surface area contributed by atoms with E-state index < -0.39 is 23.8 Å². The van der Waals surface area contributed by atoms with Crippen molar-refractivity contribution in [3.05, 3.63) is 35.9 Å². The Balaban J connectivity index is 1.76. The number of hydrogen-bond donors (Lipinski definition) is 0. The van der Waals surface area contributed by atoms with E-state index in [0.29, 0.717) is 26.1 Å². The maximum absolute atomic E-state index is 12.7. The van der Waals surface area contributed by atoms with Gasteiger partial charge in [0.25, 0.3) is 0 Å². The summed E-state index contributed by atoms with van der Waals surface area (Å²) < 4.78 is 21.4. The number of carbonyl (C=O) groups is 2. The standard InChI is InChI=1S/C17H21NO6/c1-21-15(19)14-12-24-17(7-9-22-10-8-17)18(14)16(20)23-11-13-5-3-2-4-6-13/h2-6,14H,7-12H2,1H3/t14-/m0/s1. The Bertz CT molecular complexity index is 584. The quantitative estimate of drug-likeness (QED) is 0.783. The summed E-state index contributed by atoms with van der Waals surface area (Å²) in [5, 5.41) is 0. The average Bonchev–Trinajstić information content (AvgIpc) is 2.99. The van der Waals surface area contributed by atoms with E-state index in [4.69, 9.17) is 18.9 Å². The van der Waals surface area contributed by atoms with Crippen LogP contribution in [0.1, 0.15) is 18.4 Å². The Morgan fingerprint density at radius 1 is 1.25 bits per heavy atom. The number of rotatable bonds is 3. The van der Waals surface area contributed by atoms with Crippen LogP contribution in [0.5, 0.6) is 0 Å². The molecule has 24 heavy (non-hydrogen) atoms. The fourth-order valence-corrected chi connectivity index (χ4v) is 3.13. The molecule has 2 aliphatic heterocycles. The van der Waals surface area contributed by atoms with Gasteiger partial charge in [0.2, 0.25) is 0 Å². The summed E-state index contributed by atoms with van der Waals surface area (Å²) in [6.45, 7) is 1.18. The Kier molecular flexibility index (Phi) is 5.01. The van der Waals surface area contributed by atoms with Gasteiger partial charge >= 0.3 is 12.1 Å².